The van der Waals surface area contributed by atoms with Gasteiger partial charge in [-0.25, -0.2) is 4.98 Å². The van der Waals surface area contributed by atoms with Crippen molar-refractivity contribution in [1.29, 1.82) is 0 Å². The molecule has 0 atom stereocenters. The number of amides is 1. The van der Waals surface area contributed by atoms with Crippen LogP contribution in [-0.4, -0.2) is 42.1 Å². The van der Waals surface area contributed by atoms with Crippen LogP contribution in [0.3, 0.4) is 0 Å². The van der Waals surface area contributed by atoms with Crippen LogP contribution in [0.4, 0.5) is 17.2 Å². The van der Waals surface area contributed by atoms with E-state index < -0.39 is 0 Å². The molecule has 146 valence electrons. The smallest absolute Gasteiger partial charge is 0.254 e. The van der Waals surface area contributed by atoms with Crippen molar-refractivity contribution < 1.29 is 4.79 Å². The zero-order valence-corrected chi connectivity index (χ0v) is 16.0. The first-order valence-electron chi connectivity index (χ1n) is 9.83. The van der Waals surface area contributed by atoms with Gasteiger partial charge in [-0.05, 0) is 47.0 Å². The zero-order chi connectivity index (χ0) is 19.6. The second-order valence-electron chi connectivity index (χ2n) is 7.20. The summed E-state index contributed by atoms with van der Waals surface area (Å²) in [5.41, 5.74) is 5.69. The lowest BCUT2D eigenvalue weighted by molar-refractivity contribution is 0.0966. The predicted molar refractivity (Wildman–Crippen MR) is 113 cm³/mol. The third-order valence-corrected chi connectivity index (χ3v) is 5.45. The summed E-state index contributed by atoms with van der Waals surface area (Å²) >= 11 is 0. The highest BCUT2D eigenvalue weighted by molar-refractivity contribution is 6.06. The number of aromatic nitrogens is 2. The maximum absolute atomic E-state index is 12.5. The van der Waals surface area contributed by atoms with Gasteiger partial charge in [-0.15, -0.1) is 0 Å². The van der Waals surface area contributed by atoms with Gasteiger partial charge < -0.3 is 20.9 Å². The Labute approximate surface area is 169 Å². The van der Waals surface area contributed by atoms with Gasteiger partial charge in [0.05, 0.1) is 23.1 Å². The van der Waals surface area contributed by atoms with Gasteiger partial charge in [0.1, 0.15) is 5.82 Å². The summed E-state index contributed by atoms with van der Waals surface area (Å²) in [6.07, 6.45) is 5.42. The molecule has 4 heterocycles. The van der Waals surface area contributed by atoms with E-state index in [-0.39, 0.29) is 5.91 Å². The molecule has 7 heteroatoms. The molecule has 2 aromatic heterocycles. The molecule has 3 N–H and O–H groups in total. The molecule has 0 spiro atoms. The van der Waals surface area contributed by atoms with Gasteiger partial charge >= 0.3 is 0 Å². The monoisotopic (exact) mass is 386 g/mol. The molecule has 7 nitrogen and oxygen atoms in total. The molecule has 1 fully saturated rings. The Kier molecular flexibility index (Phi) is 4.57. The highest BCUT2D eigenvalue weighted by Gasteiger charge is 2.26. The van der Waals surface area contributed by atoms with E-state index in [1.807, 2.05) is 36.5 Å². The molecule has 3 aromatic rings. The summed E-state index contributed by atoms with van der Waals surface area (Å²) in [5.74, 6) is 0.665. The van der Waals surface area contributed by atoms with Crippen molar-refractivity contribution in [1.82, 2.24) is 20.6 Å². The number of hydrogen-bond acceptors (Lipinski definition) is 6. The zero-order valence-electron chi connectivity index (χ0n) is 16.0. The topological polar surface area (TPSA) is 82.2 Å². The van der Waals surface area contributed by atoms with E-state index in [2.05, 4.69) is 36.9 Å². The predicted octanol–water partition coefficient (Wildman–Crippen LogP) is 2.54. The molecule has 1 saturated heterocycles. The van der Waals surface area contributed by atoms with Crippen LogP contribution in [0, 0.1) is 0 Å². The molecule has 0 saturated carbocycles. The van der Waals surface area contributed by atoms with Crippen LogP contribution < -0.4 is 20.9 Å². The van der Waals surface area contributed by atoms with Gasteiger partial charge in [-0.3, -0.25) is 9.78 Å². The minimum atomic E-state index is -0.0594. The third kappa shape index (κ3) is 3.40. The Morgan fingerprint density at radius 1 is 1.00 bits per heavy atom. The lowest BCUT2D eigenvalue weighted by Crippen LogP contribution is -2.43. The van der Waals surface area contributed by atoms with Crippen molar-refractivity contribution in [2.24, 2.45) is 0 Å². The number of anilines is 3. The number of nitrogens with one attached hydrogen (secondary N) is 3. The highest BCUT2D eigenvalue weighted by atomic mass is 16.1. The van der Waals surface area contributed by atoms with E-state index >= 15 is 0 Å². The number of carbonyl (C=O) groups is 1. The first kappa shape index (κ1) is 17.6. The maximum atomic E-state index is 12.5. The van der Waals surface area contributed by atoms with Crippen LogP contribution >= 0.6 is 0 Å². The van der Waals surface area contributed by atoms with Crippen LogP contribution in [0.5, 0.6) is 0 Å². The molecule has 1 amide bonds. The number of hydrogen-bond donors (Lipinski definition) is 3. The summed E-state index contributed by atoms with van der Waals surface area (Å²) in [7, 11) is 0. The average Bonchev–Trinajstić information content (AvgIpc) is 3.18. The van der Waals surface area contributed by atoms with Crippen molar-refractivity contribution in [2.45, 2.75) is 6.54 Å². The quantitative estimate of drug-likeness (QED) is 0.639. The Morgan fingerprint density at radius 2 is 1.83 bits per heavy atom. The lowest BCUT2D eigenvalue weighted by atomic mass is 9.96. The summed E-state index contributed by atoms with van der Waals surface area (Å²) in [6.45, 7) is 4.48. The van der Waals surface area contributed by atoms with E-state index in [1.54, 1.807) is 12.4 Å². The second kappa shape index (κ2) is 7.52. The second-order valence-corrected chi connectivity index (χ2v) is 7.20. The summed E-state index contributed by atoms with van der Waals surface area (Å²) in [6, 6.07) is 12.0. The molecule has 2 aliphatic rings. The molecular weight excluding hydrogens is 364 g/mol. The van der Waals surface area contributed by atoms with Crippen molar-refractivity contribution >= 4 is 23.1 Å². The number of carbonyl (C=O) groups excluding carboxylic acids is 1. The Bertz CT molecular complexity index is 1030. The van der Waals surface area contributed by atoms with Crippen LogP contribution in [0.2, 0.25) is 0 Å². The molecule has 2 aliphatic heterocycles. The van der Waals surface area contributed by atoms with E-state index in [1.165, 1.54) is 0 Å². The molecule has 0 radical (unpaired) electrons. The molecule has 5 rings (SSSR count). The maximum Gasteiger partial charge on any atom is 0.254 e. The summed E-state index contributed by atoms with van der Waals surface area (Å²) in [4.78, 5) is 23.5. The number of benzene rings is 1. The number of rotatable bonds is 4. The molecule has 0 bridgehead atoms. The van der Waals surface area contributed by atoms with Crippen molar-refractivity contribution in [3.63, 3.8) is 0 Å². The van der Waals surface area contributed by atoms with Gasteiger partial charge in [0.2, 0.25) is 0 Å². The highest BCUT2D eigenvalue weighted by Crippen LogP contribution is 2.34. The van der Waals surface area contributed by atoms with Gasteiger partial charge in [0.25, 0.3) is 5.91 Å². The summed E-state index contributed by atoms with van der Waals surface area (Å²) < 4.78 is 0. The molecule has 0 unspecified atom stereocenters. The van der Waals surface area contributed by atoms with Gasteiger partial charge in [0, 0.05) is 45.1 Å². The van der Waals surface area contributed by atoms with Crippen molar-refractivity contribution in [3.8, 4) is 11.1 Å². The number of fused-ring (bicyclic) bond motifs is 1. The standard InChI is InChI=1S/C22H22N6O/c29-22-21-18(14-26-22)17(15-5-7-23-8-6-15)2-3-19(21)27-20-4-1-16(13-25-20)28-11-9-24-10-12-28/h1-8,13,24H,9-12,14H2,(H,25,27)(H,26,29). The number of piperazine rings is 1. The Hall–Kier alpha value is -3.45. The normalized spacial score (nSPS) is 15.7. The summed E-state index contributed by atoms with van der Waals surface area (Å²) in [5, 5.41) is 9.63. The van der Waals surface area contributed by atoms with Crippen LogP contribution in [0.25, 0.3) is 11.1 Å². The fourth-order valence-corrected chi connectivity index (χ4v) is 3.96. The minimum absolute atomic E-state index is 0.0594. The number of pyridine rings is 2. The van der Waals surface area contributed by atoms with E-state index in [4.69, 9.17) is 0 Å². The fraction of sp³-hybridized carbons (Fsp3) is 0.227. The lowest BCUT2D eigenvalue weighted by Gasteiger charge is -2.29. The van der Waals surface area contributed by atoms with Gasteiger partial charge in [-0.2, -0.15) is 0 Å². The molecular formula is C22H22N6O. The Balaban J connectivity index is 1.43. The SMILES string of the molecule is O=C1NCc2c(-c3ccncc3)ccc(Nc3ccc(N4CCNCC4)cn3)c21. The molecule has 29 heavy (non-hydrogen) atoms. The average molecular weight is 386 g/mol. The third-order valence-electron chi connectivity index (χ3n) is 5.45. The van der Waals surface area contributed by atoms with Crippen molar-refractivity contribution in [3.05, 3.63) is 66.1 Å². The minimum Gasteiger partial charge on any atom is -0.368 e. The molecule has 0 aliphatic carbocycles. The van der Waals surface area contributed by atoms with E-state index in [0.717, 1.165) is 60.1 Å². The van der Waals surface area contributed by atoms with Gasteiger partial charge in [-0.1, -0.05) is 6.07 Å². The van der Waals surface area contributed by atoms with Crippen LogP contribution in [-0.2, 0) is 6.54 Å². The van der Waals surface area contributed by atoms with Crippen molar-refractivity contribution in [2.75, 3.05) is 36.4 Å². The fourth-order valence-electron chi connectivity index (χ4n) is 3.96. The van der Waals surface area contributed by atoms with Crippen LogP contribution in [0.1, 0.15) is 15.9 Å². The van der Waals surface area contributed by atoms with Gasteiger partial charge in [0.15, 0.2) is 0 Å². The number of nitrogens with zero attached hydrogens (tertiary/aromatic N) is 3. The Morgan fingerprint density at radius 3 is 2.59 bits per heavy atom. The van der Waals surface area contributed by atoms with E-state index in [0.29, 0.717) is 12.1 Å². The van der Waals surface area contributed by atoms with E-state index in [9.17, 15) is 4.79 Å². The first-order valence-corrected chi connectivity index (χ1v) is 9.83. The largest absolute Gasteiger partial charge is 0.368 e. The first-order chi connectivity index (χ1) is 14.3. The molecule has 1 aromatic carbocycles. The van der Waals surface area contributed by atoms with Crippen LogP contribution in [0.15, 0.2) is 55.0 Å².